The summed E-state index contributed by atoms with van der Waals surface area (Å²) in [6, 6.07) is 8.96. The highest BCUT2D eigenvalue weighted by molar-refractivity contribution is 6.07. The zero-order valence-electron chi connectivity index (χ0n) is 16.7. The lowest BCUT2D eigenvalue weighted by atomic mass is 10.1. The maximum Gasteiger partial charge on any atom is 0.338 e. The van der Waals surface area contributed by atoms with E-state index >= 15 is 0 Å². The first-order chi connectivity index (χ1) is 13.9. The first-order valence-corrected chi connectivity index (χ1v) is 8.96. The molecule has 8 heteroatoms. The Hall–Kier alpha value is -3.55. The van der Waals surface area contributed by atoms with Crippen LogP contribution in [0.5, 0.6) is 11.5 Å². The standard InChI is InChI=1S/C21H23NO7/c1-5-28-20(24)13-9-14(21(25)29-6-2)11-15(10-13)22-19(23)17-8-7-16(26-3)12-18(17)27-4/h7-12H,5-6H2,1-4H3,(H,22,23). The number of rotatable bonds is 8. The summed E-state index contributed by atoms with van der Waals surface area (Å²) in [4.78, 5) is 37.0. The Morgan fingerprint density at radius 3 is 1.90 bits per heavy atom. The Labute approximate surface area is 168 Å². The van der Waals surface area contributed by atoms with Crippen LogP contribution in [0.3, 0.4) is 0 Å². The second-order valence-corrected chi connectivity index (χ2v) is 5.76. The summed E-state index contributed by atoms with van der Waals surface area (Å²) in [7, 11) is 2.94. The number of carbonyl (C=O) groups is 3. The van der Waals surface area contributed by atoms with Gasteiger partial charge in [-0.25, -0.2) is 9.59 Å². The fourth-order valence-corrected chi connectivity index (χ4v) is 2.55. The van der Waals surface area contributed by atoms with Crippen molar-refractivity contribution in [2.24, 2.45) is 0 Å². The van der Waals surface area contributed by atoms with Gasteiger partial charge in [0.15, 0.2) is 0 Å². The smallest absolute Gasteiger partial charge is 0.338 e. The van der Waals surface area contributed by atoms with Crippen molar-refractivity contribution in [3.63, 3.8) is 0 Å². The highest BCUT2D eigenvalue weighted by Gasteiger charge is 2.18. The molecule has 0 radical (unpaired) electrons. The molecule has 0 unspecified atom stereocenters. The second kappa shape index (κ2) is 10.1. The van der Waals surface area contributed by atoms with Gasteiger partial charge in [-0.05, 0) is 44.2 Å². The van der Waals surface area contributed by atoms with E-state index in [-0.39, 0.29) is 35.6 Å². The molecule has 0 fully saturated rings. The summed E-state index contributed by atoms with van der Waals surface area (Å²) in [5.41, 5.74) is 0.734. The summed E-state index contributed by atoms with van der Waals surface area (Å²) in [6.07, 6.45) is 0. The quantitative estimate of drug-likeness (QED) is 0.677. The SMILES string of the molecule is CCOC(=O)c1cc(NC(=O)c2ccc(OC)cc2OC)cc(C(=O)OCC)c1. The lowest BCUT2D eigenvalue weighted by Crippen LogP contribution is -2.15. The zero-order chi connectivity index (χ0) is 21.4. The lowest BCUT2D eigenvalue weighted by molar-refractivity contribution is 0.0525. The van der Waals surface area contributed by atoms with Crippen LogP contribution in [0.1, 0.15) is 44.9 Å². The van der Waals surface area contributed by atoms with Crippen molar-refractivity contribution in [1.82, 2.24) is 0 Å². The average Bonchev–Trinajstić information content (AvgIpc) is 2.73. The number of ether oxygens (including phenoxy) is 4. The molecule has 0 bridgehead atoms. The van der Waals surface area contributed by atoms with E-state index < -0.39 is 17.8 Å². The maximum absolute atomic E-state index is 12.7. The fraction of sp³-hybridized carbons (Fsp3) is 0.286. The van der Waals surface area contributed by atoms with Gasteiger partial charge in [-0.2, -0.15) is 0 Å². The van der Waals surface area contributed by atoms with Gasteiger partial charge in [-0.3, -0.25) is 4.79 Å². The lowest BCUT2D eigenvalue weighted by Gasteiger charge is -2.13. The molecule has 1 N–H and O–H groups in total. The van der Waals surface area contributed by atoms with Crippen LogP contribution in [0, 0.1) is 0 Å². The van der Waals surface area contributed by atoms with E-state index in [4.69, 9.17) is 18.9 Å². The molecule has 2 rings (SSSR count). The molecule has 0 aliphatic rings. The van der Waals surface area contributed by atoms with E-state index in [1.54, 1.807) is 32.0 Å². The maximum atomic E-state index is 12.7. The number of hydrogen-bond donors (Lipinski definition) is 1. The third-order valence-corrected chi connectivity index (χ3v) is 3.87. The molecule has 2 aromatic carbocycles. The van der Waals surface area contributed by atoms with E-state index in [0.29, 0.717) is 11.5 Å². The Kier molecular flexibility index (Phi) is 7.59. The van der Waals surface area contributed by atoms with Gasteiger partial charge in [-0.15, -0.1) is 0 Å². The number of esters is 2. The first kappa shape index (κ1) is 21.7. The normalized spacial score (nSPS) is 10.1. The number of hydrogen-bond acceptors (Lipinski definition) is 7. The van der Waals surface area contributed by atoms with E-state index in [2.05, 4.69) is 5.32 Å². The highest BCUT2D eigenvalue weighted by atomic mass is 16.5. The van der Waals surface area contributed by atoms with Crippen molar-refractivity contribution in [2.45, 2.75) is 13.8 Å². The number of methoxy groups -OCH3 is 2. The minimum absolute atomic E-state index is 0.120. The Bertz CT molecular complexity index is 872. The number of amides is 1. The van der Waals surface area contributed by atoms with Crippen LogP contribution in [-0.4, -0.2) is 45.3 Å². The Morgan fingerprint density at radius 2 is 1.41 bits per heavy atom. The zero-order valence-corrected chi connectivity index (χ0v) is 16.7. The van der Waals surface area contributed by atoms with Gasteiger partial charge in [-0.1, -0.05) is 0 Å². The molecular formula is C21H23NO7. The molecule has 1 amide bonds. The largest absolute Gasteiger partial charge is 0.497 e. The van der Waals surface area contributed by atoms with Gasteiger partial charge in [0.05, 0.1) is 44.1 Å². The molecule has 0 heterocycles. The molecule has 0 spiro atoms. The van der Waals surface area contributed by atoms with Gasteiger partial charge >= 0.3 is 11.9 Å². The summed E-state index contributed by atoms with van der Waals surface area (Å²) < 4.78 is 20.4. The van der Waals surface area contributed by atoms with Crippen LogP contribution in [-0.2, 0) is 9.47 Å². The molecule has 0 saturated heterocycles. The van der Waals surface area contributed by atoms with Crippen LogP contribution in [0.2, 0.25) is 0 Å². The van der Waals surface area contributed by atoms with Crippen LogP contribution < -0.4 is 14.8 Å². The second-order valence-electron chi connectivity index (χ2n) is 5.76. The first-order valence-electron chi connectivity index (χ1n) is 8.96. The van der Waals surface area contributed by atoms with Crippen molar-refractivity contribution in [2.75, 3.05) is 32.8 Å². The monoisotopic (exact) mass is 401 g/mol. The summed E-state index contributed by atoms with van der Waals surface area (Å²) in [6.45, 7) is 3.69. The van der Waals surface area contributed by atoms with Gasteiger partial charge in [0, 0.05) is 11.8 Å². The highest BCUT2D eigenvalue weighted by Crippen LogP contribution is 2.26. The van der Waals surface area contributed by atoms with Crippen LogP contribution in [0.25, 0.3) is 0 Å². The Balaban J connectivity index is 2.39. The number of anilines is 1. The number of benzene rings is 2. The van der Waals surface area contributed by atoms with E-state index in [0.717, 1.165) is 0 Å². The van der Waals surface area contributed by atoms with E-state index in [9.17, 15) is 14.4 Å². The van der Waals surface area contributed by atoms with E-state index in [1.807, 2.05) is 0 Å². The topological polar surface area (TPSA) is 100 Å². The predicted octanol–water partition coefficient (Wildman–Crippen LogP) is 3.31. The number of nitrogens with one attached hydrogen (secondary N) is 1. The van der Waals surface area contributed by atoms with Gasteiger partial charge in [0.1, 0.15) is 11.5 Å². The van der Waals surface area contributed by atoms with Gasteiger partial charge < -0.3 is 24.3 Å². The van der Waals surface area contributed by atoms with Gasteiger partial charge in [0.2, 0.25) is 0 Å². The number of carbonyl (C=O) groups excluding carboxylic acids is 3. The molecule has 0 saturated carbocycles. The molecule has 0 aliphatic heterocycles. The van der Waals surface area contributed by atoms with E-state index in [1.165, 1.54) is 32.4 Å². The average molecular weight is 401 g/mol. The molecule has 0 aliphatic carbocycles. The summed E-state index contributed by atoms with van der Waals surface area (Å²) in [5, 5.41) is 2.67. The Morgan fingerprint density at radius 1 is 0.828 bits per heavy atom. The molecular weight excluding hydrogens is 378 g/mol. The molecule has 154 valence electrons. The van der Waals surface area contributed by atoms with Gasteiger partial charge in [0.25, 0.3) is 5.91 Å². The molecule has 0 atom stereocenters. The van der Waals surface area contributed by atoms with Crippen molar-refractivity contribution in [1.29, 1.82) is 0 Å². The summed E-state index contributed by atoms with van der Waals surface area (Å²) >= 11 is 0. The fourth-order valence-electron chi connectivity index (χ4n) is 2.55. The molecule has 2 aromatic rings. The summed E-state index contributed by atoms with van der Waals surface area (Å²) in [5.74, 6) is -0.867. The van der Waals surface area contributed by atoms with Crippen LogP contribution in [0.4, 0.5) is 5.69 Å². The van der Waals surface area contributed by atoms with Crippen molar-refractivity contribution >= 4 is 23.5 Å². The molecule has 8 nitrogen and oxygen atoms in total. The van der Waals surface area contributed by atoms with Crippen molar-refractivity contribution in [3.05, 3.63) is 53.1 Å². The minimum Gasteiger partial charge on any atom is -0.497 e. The van der Waals surface area contributed by atoms with Crippen molar-refractivity contribution < 1.29 is 33.3 Å². The van der Waals surface area contributed by atoms with Crippen LogP contribution >= 0.6 is 0 Å². The van der Waals surface area contributed by atoms with Crippen molar-refractivity contribution in [3.8, 4) is 11.5 Å². The predicted molar refractivity (Wildman–Crippen MR) is 106 cm³/mol. The molecule has 29 heavy (non-hydrogen) atoms. The molecule has 0 aromatic heterocycles. The minimum atomic E-state index is -0.615. The third-order valence-electron chi connectivity index (χ3n) is 3.87. The third kappa shape index (κ3) is 5.47. The van der Waals surface area contributed by atoms with Crippen LogP contribution in [0.15, 0.2) is 36.4 Å².